The van der Waals surface area contributed by atoms with Gasteiger partial charge in [0.25, 0.3) is 0 Å². The molecule has 0 aromatic heterocycles. The highest BCUT2D eigenvalue weighted by atomic mass is 35.5. The third-order valence-corrected chi connectivity index (χ3v) is 4.77. The van der Waals surface area contributed by atoms with Crippen molar-refractivity contribution < 1.29 is 23.1 Å². The van der Waals surface area contributed by atoms with E-state index in [1.165, 1.54) is 19.2 Å². The Morgan fingerprint density at radius 2 is 1.80 bits per heavy atom. The summed E-state index contributed by atoms with van der Waals surface area (Å²) in [5.41, 5.74) is 1.23. The second-order valence-electron chi connectivity index (χ2n) is 6.11. The minimum absolute atomic E-state index is 0.175. The van der Waals surface area contributed by atoms with E-state index in [1.807, 2.05) is 0 Å². The molecule has 3 nitrogen and oxygen atoms in total. The molecule has 1 aliphatic carbocycles. The van der Waals surface area contributed by atoms with E-state index in [0.717, 1.165) is 12.1 Å². The molecule has 2 aromatic rings. The Labute approximate surface area is 148 Å². The van der Waals surface area contributed by atoms with E-state index in [2.05, 4.69) is 0 Å². The fourth-order valence-corrected chi connectivity index (χ4v) is 3.47. The van der Waals surface area contributed by atoms with Gasteiger partial charge >= 0.3 is 0 Å². The highest BCUT2D eigenvalue weighted by molar-refractivity contribution is 6.33. The molecule has 25 heavy (non-hydrogen) atoms. The number of hydrogen-bond acceptors (Lipinski definition) is 3. The largest absolute Gasteiger partial charge is 0.496 e. The summed E-state index contributed by atoms with van der Waals surface area (Å²) in [7, 11) is 1.40. The lowest BCUT2D eigenvalue weighted by Crippen LogP contribution is -2.15. The zero-order valence-electron chi connectivity index (χ0n) is 13.6. The van der Waals surface area contributed by atoms with E-state index in [4.69, 9.17) is 16.3 Å². The van der Waals surface area contributed by atoms with Crippen molar-refractivity contribution in [2.45, 2.75) is 19.3 Å². The normalized spacial score (nSPS) is 20.2. The van der Waals surface area contributed by atoms with Crippen LogP contribution in [0.5, 0.6) is 5.75 Å². The van der Waals surface area contributed by atoms with E-state index in [0.29, 0.717) is 16.7 Å². The van der Waals surface area contributed by atoms with Crippen molar-refractivity contribution >= 4 is 23.2 Å². The van der Waals surface area contributed by atoms with Gasteiger partial charge in [-0.2, -0.15) is 0 Å². The number of ketones is 2. The van der Waals surface area contributed by atoms with Gasteiger partial charge in [-0.3, -0.25) is 9.59 Å². The molecule has 0 radical (unpaired) electrons. The number of hydrogen-bond donors (Lipinski definition) is 0. The summed E-state index contributed by atoms with van der Waals surface area (Å²) >= 11 is 6.34. The monoisotopic (exact) mass is 364 g/mol. The van der Waals surface area contributed by atoms with Gasteiger partial charge < -0.3 is 4.74 Å². The first kappa shape index (κ1) is 17.5. The molecule has 0 saturated heterocycles. The molecule has 0 N–H and O–H groups in total. The molecule has 0 bridgehead atoms. The van der Waals surface area contributed by atoms with Gasteiger partial charge in [0.05, 0.1) is 7.11 Å². The molecular weight excluding hydrogens is 350 g/mol. The van der Waals surface area contributed by atoms with Gasteiger partial charge in [0, 0.05) is 22.9 Å². The maximum atomic E-state index is 13.5. The van der Waals surface area contributed by atoms with Crippen molar-refractivity contribution in [1.82, 2.24) is 0 Å². The number of ether oxygens (including phenoxy) is 1. The second kappa shape index (κ2) is 6.56. The number of methoxy groups -OCH3 is 1. The summed E-state index contributed by atoms with van der Waals surface area (Å²) in [6, 6.07) is 6.57. The van der Waals surface area contributed by atoms with Gasteiger partial charge in [0.1, 0.15) is 17.5 Å². The van der Waals surface area contributed by atoms with Gasteiger partial charge in [-0.15, -0.1) is 0 Å². The molecule has 0 amide bonds. The summed E-state index contributed by atoms with van der Waals surface area (Å²) < 4.78 is 31.9. The molecule has 0 aliphatic heterocycles. The zero-order chi connectivity index (χ0) is 18.3. The van der Waals surface area contributed by atoms with Gasteiger partial charge in [-0.1, -0.05) is 24.6 Å². The first-order valence-electron chi connectivity index (χ1n) is 7.72. The number of carbonyl (C=O) groups excluding carboxylic acids is 2. The maximum Gasteiger partial charge on any atom is 0.159 e. The summed E-state index contributed by atoms with van der Waals surface area (Å²) in [5, 5.41) is 0.180. The van der Waals surface area contributed by atoms with Crippen molar-refractivity contribution in [3.8, 4) is 16.9 Å². The lowest BCUT2D eigenvalue weighted by Gasteiger charge is -2.17. The summed E-state index contributed by atoms with van der Waals surface area (Å²) in [5.74, 6) is -3.35. The van der Waals surface area contributed by atoms with Crippen molar-refractivity contribution in [3.05, 3.63) is 52.6 Å². The number of halogens is 3. The van der Waals surface area contributed by atoms with Crippen LogP contribution in [0.1, 0.15) is 24.8 Å². The Balaban J connectivity index is 2.12. The molecule has 1 unspecified atom stereocenters. The van der Waals surface area contributed by atoms with Gasteiger partial charge in [0.15, 0.2) is 17.4 Å². The number of benzene rings is 2. The maximum absolute atomic E-state index is 13.5. The summed E-state index contributed by atoms with van der Waals surface area (Å²) in [4.78, 5) is 24.6. The molecule has 1 saturated carbocycles. The Kier molecular flexibility index (Phi) is 4.60. The van der Waals surface area contributed by atoms with E-state index in [9.17, 15) is 18.4 Å². The smallest absolute Gasteiger partial charge is 0.159 e. The second-order valence-corrected chi connectivity index (χ2v) is 6.52. The van der Waals surface area contributed by atoms with Crippen LogP contribution < -0.4 is 4.74 Å². The fraction of sp³-hybridized carbons (Fsp3) is 0.263. The quantitative estimate of drug-likeness (QED) is 0.750. The molecule has 0 heterocycles. The zero-order valence-corrected chi connectivity index (χ0v) is 14.4. The predicted octanol–water partition coefficient (Wildman–Crippen LogP) is 4.56. The molecule has 2 aromatic carbocycles. The first-order chi connectivity index (χ1) is 11.8. The molecular formula is C19H15ClF2O3. The third kappa shape index (κ3) is 3.04. The van der Waals surface area contributed by atoms with Crippen LogP contribution in [0.3, 0.4) is 0 Å². The molecule has 1 fully saturated rings. The molecule has 2 atom stereocenters. The Hall–Kier alpha value is -2.27. The highest BCUT2D eigenvalue weighted by Crippen LogP contribution is 2.43. The van der Waals surface area contributed by atoms with Gasteiger partial charge in [0.2, 0.25) is 0 Å². The van der Waals surface area contributed by atoms with Gasteiger partial charge in [-0.25, -0.2) is 8.78 Å². The molecule has 3 rings (SSSR count). The highest BCUT2D eigenvalue weighted by Gasteiger charge is 2.42. The lowest BCUT2D eigenvalue weighted by atomic mass is 9.91. The Morgan fingerprint density at radius 1 is 1.08 bits per heavy atom. The van der Waals surface area contributed by atoms with E-state index in [1.54, 1.807) is 13.0 Å². The van der Waals surface area contributed by atoms with Crippen LogP contribution in [0.25, 0.3) is 11.1 Å². The molecule has 0 spiro atoms. The summed E-state index contributed by atoms with van der Waals surface area (Å²) in [6.45, 7) is 1.70. The topological polar surface area (TPSA) is 43.4 Å². The summed E-state index contributed by atoms with van der Waals surface area (Å²) in [6.07, 6.45) is 0.175. The van der Waals surface area contributed by atoms with Crippen molar-refractivity contribution in [2.75, 3.05) is 7.11 Å². The van der Waals surface area contributed by atoms with Gasteiger partial charge in [-0.05, 0) is 35.4 Å². The Bertz CT molecular complexity index is 879. The van der Waals surface area contributed by atoms with Crippen LogP contribution >= 0.6 is 11.6 Å². The van der Waals surface area contributed by atoms with Crippen LogP contribution in [-0.4, -0.2) is 18.7 Å². The average molecular weight is 365 g/mol. The third-order valence-electron chi connectivity index (χ3n) is 4.45. The number of carbonyl (C=O) groups is 2. The van der Waals surface area contributed by atoms with Crippen LogP contribution in [-0.2, 0) is 9.59 Å². The van der Waals surface area contributed by atoms with Crippen molar-refractivity contribution in [1.29, 1.82) is 0 Å². The van der Waals surface area contributed by atoms with Crippen LogP contribution in [0.4, 0.5) is 8.78 Å². The number of rotatable bonds is 3. The molecule has 6 heteroatoms. The van der Waals surface area contributed by atoms with Crippen LogP contribution in [0.15, 0.2) is 30.3 Å². The Morgan fingerprint density at radius 3 is 2.36 bits per heavy atom. The van der Waals surface area contributed by atoms with Crippen molar-refractivity contribution in [2.24, 2.45) is 5.92 Å². The standard InChI is InChI=1S/C19H15ClF2O3/c1-9-5-15(23)18(19(9)24)17-12(20)6-11(8-16(17)25-2)10-3-4-13(21)14(22)7-10/h3-4,6-9,18H,5H2,1-2H3/t9-,18?/m1/s1. The van der Waals surface area contributed by atoms with Crippen LogP contribution in [0.2, 0.25) is 5.02 Å². The van der Waals surface area contributed by atoms with E-state index in [-0.39, 0.29) is 34.7 Å². The minimum atomic E-state index is -0.980. The molecule has 1 aliphatic rings. The van der Waals surface area contributed by atoms with Crippen molar-refractivity contribution in [3.63, 3.8) is 0 Å². The SMILES string of the molecule is COc1cc(-c2ccc(F)c(F)c2)cc(Cl)c1C1C(=O)C[C@@H](C)C1=O. The lowest BCUT2D eigenvalue weighted by molar-refractivity contribution is -0.124. The minimum Gasteiger partial charge on any atom is -0.496 e. The first-order valence-corrected chi connectivity index (χ1v) is 8.10. The van der Waals surface area contributed by atoms with Crippen LogP contribution in [0, 0.1) is 17.6 Å². The average Bonchev–Trinajstić information content (AvgIpc) is 2.82. The fourth-order valence-electron chi connectivity index (χ4n) is 3.15. The number of Topliss-reactive ketones (excluding diaryl/α,β-unsaturated/α-hetero) is 2. The predicted molar refractivity (Wildman–Crippen MR) is 89.9 cm³/mol. The van der Waals surface area contributed by atoms with E-state index >= 15 is 0 Å². The van der Waals surface area contributed by atoms with E-state index < -0.39 is 17.6 Å². The molecule has 130 valence electrons.